The first-order valence-electron chi connectivity index (χ1n) is 9.71. The number of morpholine rings is 1. The van der Waals surface area contributed by atoms with E-state index in [9.17, 15) is 4.79 Å². The van der Waals surface area contributed by atoms with Gasteiger partial charge in [-0.2, -0.15) is 4.98 Å². The lowest BCUT2D eigenvalue weighted by molar-refractivity contribution is -0.0256. The molecule has 1 aromatic heterocycles. The molecule has 0 atom stereocenters. The number of likely N-dealkylation sites (tertiary alicyclic amines) is 1. The van der Waals surface area contributed by atoms with Crippen LogP contribution in [0.1, 0.15) is 10.4 Å². The summed E-state index contributed by atoms with van der Waals surface area (Å²) in [5.74, 6) is 1.33. The van der Waals surface area contributed by atoms with Crippen molar-refractivity contribution in [3.63, 3.8) is 0 Å². The summed E-state index contributed by atoms with van der Waals surface area (Å²) in [6.45, 7) is 4.89. The quantitative estimate of drug-likeness (QED) is 0.676. The number of nitrogens with zero attached hydrogens (tertiary/aromatic N) is 4. The first kappa shape index (κ1) is 20.8. The van der Waals surface area contributed by atoms with E-state index in [0.717, 1.165) is 39.4 Å². The first-order chi connectivity index (χ1) is 14.6. The molecule has 0 aliphatic carbocycles. The Morgan fingerprint density at radius 1 is 1.23 bits per heavy atom. The third kappa shape index (κ3) is 4.35. The van der Waals surface area contributed by atoms with E-state index in [0.29, 0.717) is 39.3 Å². The van der Waals surface area contributed by atoms with Crippen molar-refractivity contribution in [1.82, 2.24) is 19.8 Å². The summed E-state index contributed by atoms with van der Waals surface area (Å²) in [6, 6.07) is 5.74. The maximum Gasteiger partial charge on any atom is 0.254 e. The molecule has 3 heterocycles. The van der Waals surface area contributed by atoms with E-state index in [1.165, 1.54) is 7.11 Å². The minimum atomic E-state index is 0.00548. The van der Waals surface area contributed by atoms with Gasteiger partial charge in [0.25, 0.3) is 5.91 Å². The Labute approximate surface area is 183 Å². The number of hydrogen-bond acceptors (Lipinski definition) is 8. The Bertz CT molecular complexity index is 916. The molecule has 2 aromatic rings. The second kappa shape index (κ2) is 9.15. The molecule has 10 heteroatoms. The average molecular weight is 478 g/mol. The molecule has 0 unspecified atom stereocenters. The van der Waals surface area contributed by atoms with Crippen LogP contribution >= 0.6 is 15.9 Å². The molecule has 1 N–H and O–H groups in total. The summed E-state index contributed by atoms with van der Waals surface area (Å²) >= 11 is 3.33. The van der Waals surface area contributed by atoms with Gasteiger partial charge in [0.1, 0.15) is 5.75 Å². The topological polar surface area (TPSA) is 89.1 Å². The Morgan fingerprint density at radius 2 is 2.00 bits per heavy atom. The molecule has 160 valence electrons. The number of methoxy groups -OCH3 is 2. The van der Waals surface area contributed by atoms with E-state index in [-0.39, 0.29) is 5.91 Å². The van der Waals surface area contributed by atoms with Crippen molar-refractivity contribution < 1.29 is 19.0 Å². The molecule has 2 saturated heterocycles. The third-order valence-corrected chi connectivity index (χ3v) is 5.86. The van der Waals surface area contributed by atoms with E-state index in [4.69, 9.17) is 14.2 Å². The standard InChI is InChI=1S/C20H24BrN5O4/c1-28-17-9-13(19(27)26-11-14(12-26)25-5-7-30-8-6-25)3-4-16(17)23-20-22-10-15(21)18(24-20)29-2/h3-4,9-10,14H,5-8,11-12H2,1-2H3,(H,22,23,24). The largest absolute Gasteiger partial charge is 0.495 e. The maximum absolute atomic E-state index is 12.9. The molecule has 4 rings (SSSR count). The number of amides is 1. The number of carbonyl (C=O) groups excluding carboxylic acids is 1. The molecule has 0 radical (unpaired) electrons. The molecular weight excluding hydrogens is 454 g/mol. The predicted molar refractivity (Wildman–Crippen MR) is 115 cm³/mol. The Morgan fingerprint density at radius 3 is 2.70 bits per heavy atom. The molecule has 30 heavy (non-hydrogen) atoms. The average Bonchev–Trinajstić information content (AvgIpc) is 2.75. The molecule has 1 aromatic carbocycles. The number of hydrogen-bond donors (Lipinski definition) is 1. The Hall–Kier alpha value is -2.43. The van der Waals surface area contributed by atoms with Gasteiger partial charge in [-0.1, -0.05) is 0 Å². The highest BCUT2D eigenvalue weighted by Gasteiger charge is 2.35. The number of carbonyl (C=O) groups is 1. The zero-order valence-electron chi connectivity index (χ0n) is 16.9. The van der Waals surface area contributed by atoms with Crippen molar-refractivity contribution in [1.29, 1.82) is 0 Å². The zero-order chi connectivity index (χ0) is 21.1. The minimum Gasteiger partial charge on any atom is -0.495 e. The van der Waals surface area contributed by atoms with Crippen molar-refractivity contribution in [2.75, 3.05) is 58.9 Å². The summed E-state index contributed by atoms with van der Waals surface area (Å²) in [5, 5.41) is 3.11. The summed E-state index contributed by atoms with van der Waals surface area (Å²) in [4.78, 5) is 25.6. The van der Waals surface area contributed by atoms with E-state index in [1.54, 1.807) is 31.5 Å². The van der Waals surface area contributed by atoms with Crippen LogP contribution in [0.25, 0.3) is 0 Å². The predicted octanol–water partition coefficient (Wildman–Crippen LogP) is 2.16. The summed E-state index contributed by atoms with van der Waals surface area (Å²) < 4.78 is 16.7. The van der Waals surface area contributed by atoms with Crippen LogP contribution in [-0.4, -0.2) is 85.3 Å². The zero-order valence-corrected chi connectivity index (χ0v) is 18.5. The van der Waals surface area contributed by atoms with Crippen molar-refractivity contribution in [2.45, 2.75) is 6.04 Å². The highest BCUT2D eigenvalue weighted by Crippen LogP contribution is 2.30. The molecule has 0 saturated carbocycles. The van der Waals surface area contributed by atoms with Gasteiger partial charge in [0, 0.05) is 37.8 Å². The highest BCUT2D eigenvalue weighted by molar-refractivity contribution is 9.10. The van der Waals surface area contributed by atoms with Crippen LogP contribution < -0.4 is 14.8 Å². The molecule has 2 aliphatic heterocycles. The molecule has 9 nitrogen and oxygen atoms in total. The van der Waals surface area contributed by atoms with Gasteiger partial charge in [-0.25, -0.2) is 4.98 Å². The Balaban J connectivity index is 1.42. The number of anilines is 2. The van der Waals surface area contributed by atoms with Gasteiger partial charge in [0.15, 0.2) is 0 Å². The second-order valence-electron chi connectivity index (χ2n) is 7.10. The lowest BCUT2D eigenvalue weighted by Gasteiger charge is -2.46. The van der Waals surface area contributed by atoms with Crippen LogP contribution in [0.15, 0.2) is 28.9 Å². The fourth-order valence-electron chi connectivity index (χ4n) is 3.58. The van der Waals surface area contributed by atoms with Crippen LogP contribution in [0.4, 0.5) is 11.6 Å². The highest BCUT2D eigenvalue weighted by atomic mass is 79.9. The minimum absolute atomic E-state index is 0.00548. The molecule has 2 aliphatic rings. The molecule has 0 spiro atoms. The fraction of sp³-hybridized carbons (Fsp3) is 0.450. The SMILES string of the molecule is COc1cc(C(=O)N2CC(N3CCOCC3)C2)ccc1Nc1ncc(Br)c(OC)n1. The van der Waals surface area contributed by atoms with Crippen molar-refractivity contribution in [3.8, 4) is 11.6 Å². The Kier molecular flexibility index (Phi) is 6.35. The monoisotopic (exact) mass is 477 g/mol. The van der Waals surface area contributed by atoms with Crippen LogP contribution in [-0.2, 0) is 4.74 Å². The van der Waals surface area contributed by atoms with Gasteiger partial charge in [0.2, 0.25) is 11.8 Å². The van der Waals surface area contributed by atoms with Gasteiger partial charge >= 0.3 is 0 Å². The van der Waals surface area contributed by atoms with Crippen molar-refractivity contribution in [3.05, 3.63) is 34.4 Å². The molecule has 2 fully saturated rings. The van der Waals surface area contributed by atoms with Crippen LogP contribution in [0, 0.1) is 0 Å². The number of rotatable bonds is 6. The summed E-state index contributed by atoms with van der Waals surface area (Å²) in [5.41, 5.74) is 1.25. The van der Waals surface area contributed by atoms with E-state index in [2.05, 4.69) is 36.1 Å². The van der Waals surface area contributed by atoms with Gasteiger partial charge in [0.05, 0.1) is 43.8 Å². The number of nitrogens with one attached hydrogen (secondary N) is 1. The van der Waals surface area contributed by atoms with Gasteiger partial charge < -0.3 is 24.4 Å². The third-order valence-electron chi connectivity index (χ3n) is 5.31. The lowest BCUT2D eigenvalue weighted by atomic mass is 10.0. The molecule has 1 amide bonds. The maximum atomic E-state index is 12.9. The van der Waals surface area contributed by atoms with Gasteiger partial charge in [-0.05, 0) is 34.1 Å². The fourth-order valence-corrected chi connectivity index (χ4v) is 3.93. The van der Waals surface area contributed by atoms with Crippen molar-refractivity contribution >= 4 is 33.5 Å². The normalized spacial score (nSPS) is 17.4. The van der Waals surface area contributed by atoms with Crippen LogP contribution in [0.3, 0.4) is 0 Å². The summed E-state index contributed by atoms with van der Waals surface area (Å²) in [7, 11) is 3.10. The number of aromatic nitrogens is 2. The van der Waals surface area contributed by atoms with Crippen molar-refractivity contribution in [2.24, 2.45) is 0 Å². The lowest BCUT2D eigenvalue weighted by Crippen LogP contribution is -2.62. The number of ether oxygens (including phenoxy) is 3. The van der Waals surface area contributed by atoms with Crippen LogP contribution in [0.2, 0.25) is 0 Å². The second-order valence-corrected chi connectivity index (χ2v) is 7.96. The first-order valence-corrected chi connectivity index (χ1v) is 10.5. The van der Waals surface area contributed by atoms with E-state index < -0.39 is 0 Å². The number of benzene rings is 1. The molecule has 0 bridgehead atoms. The van der Waals surface area contributed by atoms with E-state index >= 15 is 0 Å². The van der Waals surface area contributed by atoms with Crippen LogP contribution in [0.5, 0.6) is 11.6 Å². The summed E-state index contributed by atoms with van der Waals surface area (Å²) in [6.07, 6.45) is 1.60. The molecular formula is C20H24BrN5O4. The van der Waals surface area contributed by atoms with E-state index in [1.807, 2.05) is 4.90 Å². The number of halogens is 1. The smallest absolute Gasteiger partial charge is 0.254 e. The van der Waals surface area contributed by atoms with Gasteiger partial charge in [-0.15, -0.1) is 0 Å². The van der Waals surface area contributed by atoms with Gasteiger partial charge in [-0.3, -0.25) is 9.69 Å².